The average molecular weight is 323 g/mol. The fourth-order valence-electron chi connectivity index (χ4n) is 1.89. The topological polar surface area (TPSA) is 107 Å². The van der Waals surface area contributed by atoms with Crippen LogP contribution in [-0.4, -0.2) is 34.3 Å². The van der Waals surface area contributed by atoms with Crippen LogP contribution in [0.1, 0.15) is 43.5 Å². The van der Waals surface area contributed by atoms with E-state index in [4.69, 9.17) is 10.2 Å². The molecular weight excluding hydrogens is 298 g/mol. The van der Waals surface area contributed by atoms with Crippen LogP contribution in [0.15, 0.2) is 24.3 Å². The second-order valence-corrected chi connectivity index (χ2v) is 4.92. The van der Waals surface area contributed by atoms with Gasteiger partial charge in [0.25, 0.3) is 0 Å². The molecule has 0 aliphatic rings. The minimum absolute atomic E-state index is 0.334. The minimum Gasteiger partial charge on any atom is -0.507 e. The molecule has 0 saturated heterocycles. The molecule has 4 N–H and O–H groups in total. The zero-order valence-corrected chi connectivity index (χ0v) is 14.0. The monoisotopic (exact) mass is 323 g/mol. The number of carboxylic acid groups (broad SMARTS) is 2. The highest BCUT2D eigenvalue weighted by Gasteiger charge is 2.10. The number of phenols is 1. The number of carbonyl (C=O) groups is 2. The lowest BCUT2D eigenvalue weighted by molar-refractivity contribution is -0.134. The Labute approximate surface area is 136 Å². The van der Waals surface area contributed by atoms with Crippen molar-refractivity contribution in [3.05, 3.63) is 41.0 Å². The van der Waals surface area contributed by atoms with Crippen molar-refractivity contribution in [2.75, 3.05) is 7.05 Å². The highest BCUT2D eigenvalue weighted by atomic mass is 16.4. The van der Waals surface area contributed by atoms with Crippen LogP contribution in [0, 0.1) is 0 Å². The van der Waals surface area contributed by atoms with Crippen LogP contribution in [0.4, 0.5) is 0 Å². The SMILES string of the molecule is CCc1cc(C(C)NC)cc(CC)c1O.O=C(O)C=CC(=O)O. The molecule has 1 aromatic carbocycles. The van der Waals surface area contributed by atoms with E-state index in [-0.39, 0.29) is 0 Å². The fraction of sp³-hybridized carbons (Fsp3) is 0.412. The zero-order valence-electron chi connectivity index (χ0n) is 14.0. The molecule has 0 saturated carbocycles. The summed E-state index contributed by atoms with van der Waals surface area (Å²) in [7, 11) is 1.95. The van der Waals surface area contributed by atoms with Crippen LogP contribution in [-0.2, 0) is 22.4 Å². The highest BCUT2D eigenvalue weighted by Crippen LogP contribution is 2.28. The predicted octanol–water partition coefficient (Wildman–Crippen LogP) is 2.51. The molecule has 23 heavy (non-hydrogen) atoms. The van der Waals surface area contributed by atoms with Gasteiger partial charge in [-0.05, 0) is 43.5 Å². The summed E-state index contributed by atoms with van der Waals surface area (Å²) in [6, 6.07) is 4.52. The molecule has 6 nitrogen and oxygen atoms in total. The lowest BCUT2D eigenvalue weighted by Gasteiger charge is -2.15. The van der Waals surface area contributed by atoms with E-state index in [0.717, 1.165) is 24.0 Å². The summed E-state index contributed by atoms with van der Waals surface area (Å²) >= 11 is 0. The maximum absolute atomic E-state index is 9.95. The van der Waals surface area contributed by atoms with Crippen molar-refractivity contribution < 1.29 is 24.9 Å². The maximum Gasteiger partial charge on any atom is 0.328 e. The zero-order chi connectivity index (χ0) is 18.0. The molecule has 0 aliphatic heterocycles. The van der Waals surface area contributed by atoms with Crippen molar-refractivity contribution in [2.24, 2.45) is 0 Å². The van der Waals surface area contributed by atoms with Crippen molar-refractivity contribution in [3.63, 3.8) is 0 Å². The molecule has 128 valence electrons. The molecule has 0 heterocycles. The summed E-state index contributed by atoms with van der Waals surface area (Å²) in [6.07, 6.45) is 2.87. The summed E-state index contributed by atoms with van der Waals surface area (Å²) in [5.74, 6) is -2.04. The Bertz CT molecular complexity index is 525. The van der Waals surface area contributed by atoms with Crippen LogP contribution in [0.5, 0.6) is 5.75 Å². The van der Waals surface area contributed by atoms with Gasteiger partial charge in [-0.2, -0.15) is 0 Å². The number of aromatic hydroxyl groups is 1. The number of aryl methyl sites for hydroxylation is 2. The maximum atomic E-state index is 9.95. The van der Waals surface area contributed by atoms with E-state index in [9.17, 15) is 14.7 Å². The lowest BCUT2D eigenvalue weighted by Crippen LogP contribution is -2.13. The molecule has 1 aromatic rings. The molecule has 0 radical (unpaired) electrons. The van der Waals surface area contributed by atoms with Gasteiger partial charge in [0.15, 0.2) is 0 Å². The Morgan fingerprint density at radius 3 is 1.74 bits per heavy atom. The molecule has 0 amide bonds. The second-order valence-electron chi connectivity index (χ2n) is 4.92. The van der Waals surface area contributed by atoms with Gasteiger partial charge in [0.1, 0.15) is 5.75 Å². The quantitative estimate of drug-likeness (QED) is 0.599. The molecule has 1 rings (SSSR count). The average Bonchev–Trinajstić information content (AvgIpc) is 2.53. The van der Waals surface area contributed by atoms with Gasteiger partial charge < -0.3 is 20.6 Å². The second kappa shape index (κ2) is 10.4. The van der Waals surface area contributed by atoms with Crippen molar-refractivity contribution >= 4 is 11.9 Å². The highest BCUT2D eigenvalue weighted by molar-refractivity contribution is 5.89. The number of nitrogens with one attached hydrogen (secondary N) is 1. The van der Waals surface area contributed by atoms with Crippen LogP contribution >= 0.6 is 0 Å². The van der Waals surface area contributed by atoms with Crippen LogP contribution in [0.2, 0.25) is 0 Å². The van der Waals surface area contributed by atoms with Crippen molar-refractivity contribution in [1.29, 1.82) is 0 Å². The Balaban J connectivity index is 0.000000515. The third kappa shape index (κ3) is 7.46. The molecule has 0 spiro atoms. The summed E-state index contributed by atoms with van der Waals surface area (Å²) in [4.78, 5) is 19.1. The molecule has 6 heteroatoms. The molecular formula is C17H25NO5. The number of benzene rings is 1. The molecule has 0 bridgehead atoms. The van der Waals surface area contributed by atoms with Gasteiger partial charge in [-0.3, -0.25) is 0 Å². The Kier molecular flexibility index (Phi) is 9.34. The van der Waals surface area contributed by atoms with Crippen molar-refractivity contribution in [2.45, 2.75) is 39.7 Å². The predicted molar refractivity (Wildman–Crippen MR) is 88.7 cm³/mol. The molecule has 0 fully saturated rings. The van der Waals surface area contributed by atoms with E-state index < -0.39 is 11.9 Å². The van der Waals surface area contributed by atoms with Gasteiger partial charge in [-0.25, -0.2) is 9.59 Å². The number of carboxylic acids is 2. The first kappa shape index (κ1) is 20.7. The first-order chi connectivity index (χ1) is 10.8. The van der Waals surface area contributed by atoms with E-state index in [1.807, 2.05) is 7.05 Å². The summed E-state index contributed by atoms with van der Waals surface area (Å²) < 4.78 is 0. The smallest absolute Gasteiger partial charge is 0.328 e. The first-order valence-corrected chi connectivity index (χ1v) is 7.42. The third-order valence-electron chi connectivity index (χ3n) is 3.35. The Morgan fingerprint density at radius 1 is 1.09 bits per heavy atom. The lowest BCUT2D eigenvalue weighted by atomic mass is 9.97. The fourth-order valence-corrected chi connectivity index (χ4v) is 1.89. The normalized spacial score (nSPS) is 11.7. The van der Waals surface area contributed by atoms with Gasteiger partial charge in [0, 0.05) is 18.2 Å². The Morgan fingerprint density at radius 2 is 1.48 bits per heavy atom. The van der Waals surface area contributed by atoms with E-state index in [0.29, 0.717) is 23.9 Å². The number of rotatable bonds is 6. The molecule has 1 atom stereocenters. The summed E-state index contributed by atoms with van der Waals surface area (Å²) in [6.45, 7) is 6.27. The number of phenolic OH excluding ortho intramolecular Hbond substituents is 1. The first-order valence-electron chi connectivity index (χ1n) is 7.42. The van der Waals surface area contributed by atoms with E-state index >= 15 is 0 Å². The number of hydrogen-bond acceptors (Lipinski definition) is 4. The summed E-state index contributed by atoms with van der Waals surface area (Å²) in [5, 5.41) is 28.8. The van der Waals surface area contributed by atoms with E-state index in [2.05, 4.69) is 38.2 Å². The van der Waals surface area contributed by atoms with Crippen molar-refractivity contribution in [3.8, 4) is 5.75 Å². The van der Waals surface area contributed by atoms with Crippen LogP contribution < -0.4 is 5.32 Å². The molecule has 0 aliphatic carbocycles. The van der Waals surface area contributed by atoms with Gasteiger partial charge in [0.05, 0.1) is 0 Å². The van der Waals surface area contributed by atoms with Crippen LogP contribution in [0.3, 0.4) is 0 Å². The summed E-state index contributed by atoms with van der Waals surface area (Å²) in [5.41, 5.74) is 3.35. The largest absolute Gasteiger partial charge is 0.507 e. The Hall–Kier alpha value is -2.34. The van der Waals surface area contributed by atoms with Crippen LogP contribution in [0.25, 0.3) is 0 Å². The minimum atomic E-state index is -1.26. The number of hydrogen-bond donors (Lipinski definition) is 4. The van der Waals surface area contributed by atoms with Gasteiger partial charge >= 0.3 is 11.9 Å². The van der Waals surface area contributed by atoms with Gasteiger partial charge in [-0.1, -0.05) is 26.0 Å². The third-order valence-corrected chi connectivity index (χ3v) is 3.35. The standard InChI is InChI=1S/C13H21NO.C4H4O4/c1-5-10-7-12(9(3)14-4)8-11(6-2)13(10)15;5-3(6)1-2-4(7)8/h7-9,14-15H,5-6H2,1-4H3;1-2H,(H,5,6)(H,7,8). The number of aliphatic carboxylic acids is 2. The van der Waals surface area contributed by atoms with E-state index in [1.165, 1.54) is 5.56 Å². The van der Waals surface area contributed by atoms with Crippen molar-refractivity contribution in [1.82, 2.24) is 5.32 Å². The van der Waals surface area contributed by atoms with Gasteiger partial charge in [-0.15, -0.1) is 0 Å². The van der Waals surface area contributed by atoms with E-state index in [1.54, 1.807) is 0 Å². The van der Waals surface area contributed by atoms with Gasteiger partial charge in [0.2, 0.25) is 0 Å². The molecule has 0 aromatic heterocycles. The molecule has 1 unspecified atom stereocenters.